The molecule has 5 heterocycles. The van der Waals surface area contributed by atoms with Crippen LogP contribution in [0.2, 0.25) is 0 Å². The first-order valence-electron chi connectivity index (χ1n) is 25.3. The molecular weight excluding hydrogens is 943 g/mol. The fourth-order valence-electron chi connectivity index (χ4n) is 9.61. The minimum atomic E-state index is -0.463. The first-order chi connectivity index (χ1) is 32.6. The van der Waals surface area contributed by atoms with Gasteiger partial charge in [0.25, 0.3) is 0 Å². The number of benzene rings is 2. The van der Waals surface area contributed by atoms with Gasteiger partial charge in [0.05, 0.1) is 16.9 Å². The molecule has 0 saturated carbocycles. The number of aromatic nitrogens is 2. The molecule has 9 rings (SSSR count). The lowest BCUT2D eigenvalue weighted by molar-refractivity contribution is 0.00578. The summed E-state index contributed by atoms with van der Waals surface area (Å²) in [6, 6.07) is 25.6. The van der Waals surface area contributed by atoms with Crippen LogP contribution >= 0.6 is 15.9 Å². The number of halogens is 1. The summed E-state index contributed by atoms with van der Waals surface area (Å²) >= 11 is 3.37. The van der Waals surface area contributed by atoms with Crippen LogP contribution in [0.3, 0.4) is 0 Å². The van der Waals surface area contributed by atoms with Crippen molar-refractivity contribution in [1.29, 1.82) is 0 Å². The number of nitrogens with zero attached hydrogens (tertiary/aromatic N) is 6. The van der Waals surface area contributed by atoms with Gasteiger partial charge in [0.2, 0.25) is 0 Å². The Hall–Kier alpha value is -4.66. The van der Waals surface area contributed by atoms with Crippen molar-refractivity contribution in [2.45, 2.75) is 156 Å². The highest BCUT2D eigenvalue weighted by Crippen LogP contribution is 2.41. The van der Waals surface area contributed by atoms with Crippen LogP contribution in [0.15, 0.2) is 77.4 Å². The average molecular weight is 1020 g/mol. The first kappa shape index (κ1) is 53.2. The number of pyridine rings is 2. The van der Waals surface area contributed by atoms with E-state index in [-0.39, 0.29) is 35.9 Å². The molecule has 0 atom stereocenters. The normalized spacial score (nSPS) is 19.8. The maximum Gasteiger partial charge on any atom is 0.494 e. The van der Waals surface area contributed by atoms with Gasteiger partial charge in [-0.15, -0.1) is 0 Å². The van der Waals surface area contributed by atoms with Crippen molar-refractivity contribution in [3.63, 3.8) is 0 Å². The number of aryl methyl sites for hydroxylation is 2. The summed E-state index contributed by atoms with van der Waals surface area (Å²) in [4.78, 5) is 41.6. The van der Waals surface area contributed by atoms with Crippen molar-refractivity contribution >= 4 is 52.3 Å². The number of piperazine rings is 2. The Morgan fingerprint density at radius 1 is 0.586 bits per heavy atom. The zero-order valence-corrected chi connectivity index (χ0v) is 46.1. The molecule has 0 spiro atoms. The molecule has 5 aliphatic rings. The molecule has 12 nitrogen and oxygen atoms in total. The highest BCUT2D eigenvalue weighted by Gasteiger charge is 2.52. The highest BCUT2D eigenvalue weighted by atomic mass is 79.9. The Kier molecular flexibility index (Phi) is 15.5. The van der Waals surface area contributed by atoms with E-state index in [0.29, 0.717) is 31.6 Å². The smallest absolute Gasteiger partial charge is 0.444 e. The van der Waals surface area contributed by atoms with Crippen LogP contribution in [0.5, 0.6) is 0 Å². The third kappa shape index (κ3) is 12.9. The number of anilines is 2. The van der Waals surface area contributed by atoms with Crippen molar-refractivity contribution < 1.29 is 28.4 Å². The molecule has 2 amide bonds. The number of hydrogen-bond acceptors (Lipinski definition) is 10. The third-order valence-electron chi connectivity index (χ3n) is 14.5. The summed E-state index contributed by atoms with van der Waals surface area (Å²) in [5, 5.41) is 0. The predicted molar refractivity (Wildman–Crippen MR) is 287 cm³/mol. The van der Waals surface area contributed by atoms with Crippen LogP contribution in [0, 0.1) is 0 Å². The van der Waals surface area contributed by atoms with E-state index in [0.717, 1.165) is 66.4 Å². The van der Waals surface area contributed by atoms with Gasteiger partial charge in [-0.25, -0.2) is 19.6 Å². The predicted octanol–water partition coefficient (Wildman–Crippen LogP) is 11.1. The van der Waals surface area contributed by atoms with Crippen LogP contribution in [0.4, 0.5) is 21.2 Å². The van der Waals surface area contributed by atoms with Crippen molar-refractivity contribution in [2.24, 2.45) is 0 Å². The van der Waals surface area contributed by atoms with Crippen molar-refractivity contribution in [1.82, 2.24) is 19.8 Å². The maximum absolute atomic E-state index is 12.3. The Balaban J connectivity index is 0.000000160. The zero-order chi connectivity index (χ0) is 51.0. The molecule has 3 fully saturated rings. The van der Waals surface area contributed by atoms with Gasteiger partial charge in [-0.05, 0) is 180 Å². The molecule has 0 radical (unpaired) electrons. The molecular formula is C56H78BBrN6O6. The number of rotatable bonds is 4. The summed E-state index contributed by atoms with van der Waals surface area (Å²) in [6.45, 7) is 34.7. The summed E-state index contributed by atoms with van der Waals surface area (Å²) in [6.07, 6.45) is 4.28. The molecule has 3 saturated heterocycles. The van der Waals surface area contributed by atoms with E-state index >= 15 is 0 Å². The van der Waals surface area contributed by atoms with E-state index in [1.807, 2.05) is 59.7 Å². The van der Waals surface area contributed by atoms with Gasteiger partial charge in [0.1, 0.15) is 27.4 Å². The number of hydrogen-bond donors (Lipinski definition) is 0. The molecule has 0 unspecified atom stereocenters. The van der Waals surface area contributed by atoms with Gasteiger partial charge < -0.3 is 38.4 Å². The fraction of sp³-hybridized carbons (Fsp3) is 0.571. The van der Waals surface area contributed by atoms with E-state index in [2.05, 4.69) is 141 Å². The Morgan fingerprint density at radius 3 is 1.50 bits per heavy atom. The lowest BCUT2D eigenvalue weighted by Crippen LogP contribution is -2.50. The molecule has 0 N–H and O–H groups in total. The SMILES string of the molecule is CC(C)(C)OC(=O)N1CCN(c2cccc(-c3ccc4c(c3)CCC4(C)C)n2)CC1.CC(C)(C)OC(=O)N1CCN(c2cccc(Br)n2)CC1.CC1(C)CCc2cc(B3OC(C)(C)C(C)(C)O3)ccc21. The van der Waals surface area contributed by atoms with E-state index in [4.69, 9.17) is 23.8 Å². The van der Waals surface area contributed by atoms with Crippen LogP contribution < -0.4 is 15.3 Å². The van der Waals surface area contributed by atoms with Gasteiger partial charge in [0, 0.05) is 57.9 Å². The molecule has 70 heavy (non-hydrogen) atoms. The largest absolute Gasteiger partial charge is 0.494 e. The van der Waals surface area contributed by atoms with Crippen LogP contribution in [0.25, 0.3) is 11.3 Å². The van der Waals surface area contributed by atoms with Crippen LogP contribution in [0.1, 0.15) is 132 Å². The molecule has 3 aliphatic heterocycles. The molecule has 0 bridgehead atoms. The Labute approximate surface area is 427 Å². The molecule has 2 aromatic carbocycles. The zero-order valence-electron chi connectivity index (χ0n) is 44.5. The topological polar surface area (TPSA) is 110 Å². The second-order valence-corrected chi connectivity index (χ2v) is 24.6. The van der Waals surface area contributed by atoms with Crippen LogP contribution in [-0.4, -0.2) is 114 Å². The second-order valence-electron chi connectivity index (χ2n) is 23.8. The van der Waals surface area contributed by atoms with Gasteiger partial charge in [-0.3, -0.25) is 0 Å². The monoisotopic (exact) mass is 1020 g/mol. The lowest BCUT2D eigenvalue weighted by atomic mass is 9.76. The minimum Gasteiger partial charge on any atom is -0.444 e. The average Bonchev–Trinajstić information content (AvgIpc) is 3.86. The number of carbonyl (C=O) groups is 2. The summed E-state index contributed by atoms with van der Waals surface area (Å²) in [7, 11) is -0.242. The summed E-state index contributed by atoms with van der Waals surface area (Å²) in [5.74, 6) is 1.90. The first-order valence-corrected chi connectivity index (χ1v) is 26.1. The van der Waals surface area contributed by atoms with Crippen molar-refractivity contribution in [3.05, 3.63) is 99.7 Å². The lowest BCUT2D eigenvalue weighted by Gasteiger charge is -2.36. The number of carbonyl (C=O) groups excluding carboxylic acids is 2. The van der Waals surface area contributed by atoms with Gasteiger partial charge >= 0.3 is 19.3 Å². The molecule has 2 aliphatic carbocycles. The molecule has 2 aromatic heterocycles. The second kappa shape index (κ2) is 20.5. The Morgan fingerprint density at radius 2 is 1.03 bits per heavy atom. The summed E-state index contributed by atoms with van der Waals surface area (Å²) < 4.78 is 24.0. The van der Waals surface area contributed by atoms with E-state index < -0.39 is 11.2 Å². The van der Waals surface area contributed by atoms with E-state index in [1.165, 1.54) is 40.7 Å². The fourth-order valence-corrected chi connectivity index (χ4v) is 9.95. The third-order valence-corrected chi connectivity index (χ3v) is 14.9. The molecule has 4 aromatic rings. The number of fused-ring (bicyclic) bond motifs is 2. The van der Waals surface area contributed by atoms with Gasteiger partial charge in [-0.2, -0.15) is 0 Å². The standard InChI is InChI=1S/C25H33N3O2.C17H25BO2.C14H20BrN3O2/c1-24(2,3)30-23(29)28-15-13-27(14-16-28)22-8-6-7-21(26-22)19-9-10-20-18(17-19)11-12-25(20,4)5;1-15(2)10-9-12-11-13(7-8-14(12)15)18-19-16(3,4)17(5,6)20-18;1-14(2,3)20-13(19)18-9-7-17(8-10-18)12-6-4-5-11(15)16-12/h6-10,17H,11-16H2,1-5H3;7-8,11H,9-10H2,1-6H3;4-6H,7-10H2,1-3H3. The van der Waals surface area contributed by atoms with Crippen molar-refractivity contribution in [3.8, 4) is 11.3 Å². The maximum atomic E-state index is 12.3. The summed E-state index contributed by atoms with van der Waals surface area (Å²) in [5.41, 5.74) is 8.36. The van der Waals surface area contributed by atoms with Crippen LogP contribution in [-0.2, 0) is 42.5 Å². The quantitative estimate of drug-likeness (QED) is 0.145. The van der Waals surface area contributed by atoms with E-state index in [1.54, 1.807) is 9.80 Å². The minimum absolute atomic E-state index is 0.232. The van der Waals surface area contributed by atoms with Gasteiger partial charge in [-0.1, -0.05) is 70.2 Å². The Bertz CT molecular complexity index is 2480. The highest BCUT2D eigenvalue weighted by molar-refractivity contribution is 9.10. The van der Waals surface area contributed by atoms with Crippen molar-refractivity contribution in [2.75, 3.05) is 62.2 Å². The van der Waals surface area contributed by atoms with Gasteiger partial charge in [0.15, 0.2) is 0 Å². The number of ether oxygens (including phenoxy) is 2. The molecule has 14 heteroatoms. The van der Waals surface area contributed by atoms with E-state index in [9.17, 15) is 9.59 Å². The molecule has 378 valence electrons. The number of amides is 2.